The van der Waals surface area contributed by atoms with Crippen LogP contribution >= 0.6 is 51.2 Å². The number of thioether (sulfide) groups is 1. The van der Waals surface area contributed by atoms with Gasteiger partial charge in [-0.05, 0) is 60.4 Å². The summed E-state index contributed by atoms with van der Waals surface area (Å²) in [6.07, 6.45) is 0. The molecule has 3 aromatic rings. The maximum atomic E-state index is 12.6. The molecule has 0 bridgehead atoms. The molecule has 0 fully saturated rings. The van der Waals surface area contributed by atoms with E-state index in [1.807, 2.05) is 24.3 Å². The molecule has 1 heterocycles. The number of para-hydroxylation sites is 1. The van der Waals surface area contributed by atoms with Gasteiger partial charge in [-0.25, -0.2) is 0 Å². The molecule has 0 radical (unpaired) electrons. The Morgan fingerprint density at radius 3 is 2.55 bits per heavy atom. The van der Waals surface area contributed by atoms with Crippen molar-refractivity contribution < 1.29 is 14.3 Å². The van der Waals surface area contributed by atoms with Gasteiger partial charge >= 0.3 is 5.97 Å². The number of halogens is 1. The van der Waals surface area contributed by atoms with Crippen LogP contribution in [0.5, 0.6) is 5.75 Å². The van der Waals surface area contributed by atoms with Crippen molar-refractivity contribution in [1.29, 1.82) is 0 Å². The predicted octanol–water partition coefficient (Wildman–Crippen LogP) is 4.97. The summed E-state index contributed by atoms with van der Waals surface area (Å²) >= 11 is 10.7. The number of esters is 1. The van der Waals surface area contributed by atoms with Gasteiger partial charge in [0.25, 0.3) is 0 Å². The first-order valence-corrected chi connectivity index (χ1v) is 10.9. The normalized spacial score (nSPS) is 10.3. The van der Waals surface area contributed by atoms with Crippen LogP contribution in [0.4, 0.5) is 10.8 Å². The molecule has 0 saturated heterocycles. The first-order valence-electron chi connectivity index (χ1n) is 8.07. The summed E-state index contributed by atoms with van der Waals surface area (Å²) in [4.78, 5) is 23.8. The maximum absolute atomic E-state index is 12.6. The molecule has 0 aliphatic heterocycles. The number of rotatable bonds is 5. The van der Waals surface area contributed by atoms with Crippen LogP contribution in [0.2, 0.25) is 0 Å². The van der Waals surface area contributed by atoms with Gasteiger partial charge in [-0.1, -0.05) is 39.4 Å². The van der Waals surface area contributed by atoms with E-state index in [1.165, 1.54) is 18.3 Å². The second kappa shape index (κ2) is 9.92. The molecule has 1 aromatic heterocycles. The molecule has 7 nitrogen and oxygen atoms in total. The largest absolute Gasteiger partial charge is 0.426 e. The molecular weight excluding hydrogens is 496 g/mol. The minimum absolute atomic E-state index is 0.209. The standard InChI is InChI=1S/C18H13BrN4O3S3/c1-10(24)26-14-5-3-2-4-13(14)15(25)28-18-23-22-17(29-18)21-16(27)20-12-8-6-11(19)7-9-12/h2-9H,1H3,(H2,20,21,22,27). The van der Waals surface area contributed by atoms with E-state index < -0.39 is 5.97 Å². The lowest BCUT2D eigenvalue weighted by Gasteiger charge is -2.07. The van der Waals surface area contributed by atoms with E-state index in [9.17, 15) is 9.59 Å². The van der Waals surface area contributed by atoms with Crippen molar-refractivity contribution in [1.82, 2.24) is 10.2 Å². The van der Waals surface area contributed by atoms with Crippen LogP contribution in [0.15, 0.2) is 57.3 Å². The SMILES string of the molecule is CC(=O)Oc1ccccc1C(=O)Sc1nnc(NC(=S)Nc2ccc(Br)cc2)s1. The molecule has 0 aliphatic rings. The van der Waals surface area contributed by atoms with Crippen molar-refractivity contribution in [3.05, 3.63) is 58.6 Å². The summed E-state index contributed by atoms with van der Waals surface area (Å²) in [7, 11) is 0. The average Bonchev–Trinajstić information content (AvgIpc) is 3.10. The highest BCUT2D eigenvalue weighted by atomic mass is 79.9. The lowest BCUT2D eigenvalue weighted by Crippen LogP contribution is -2.18. The van der Waals surface area contributed by atoms with Gasteiger partial charge in [0.1, 0.15) is 5.75 Å². The molecule has 11 heteroatoms. The Bertz CT molecular complexity index is 1060. The molecule has 148 valence electrons. The second-order valence-corrected chi connectivity index (χ2v) is 8.96. The molecule has 0 amide bonds. The fourth-order valence-electron chi connectivity index (χ4n) is 2.11. The van der Waals surface area contributed by atoms with Gasteiger partial charge < -0.3 is 15.4 Å². The van der Waals surface area contributed by atoms with E-state index in [2.05, 4.69) is 36.8 Å². The molecule has 0 atom stereocenters. The van der Waals surface area contributed by atoms with Crippen LogP contribution in [-0.2, 0) is 4.79 Å². The van der Waals surface area contributed by atoms with Gasteiger partial charge in [0.05, 0.1) is 5.56 Å². The second-order valence-electron chi connectivity index (χ2n) is 5.44. The van der Waals surface area contributed by atoms with Crippen molar-refractivity contribution in [2.45, 2.75) is 11.3 Å². The number of nitrogens with one attached hydrogen (secondary N) is 2. The van der Waals surface area contributed by atoms with Crippen molar-refractivity contribution in [2.24, 2.45) is 0 Å². The Kier molecular flexibility index (Phi) is 7.31. The minimum Gasteiger partial charge on any atom is -0.426 e. The number of anilines is 2. The fourth-order valence-corrected chi connectivity index (χ4v) is 4.28. The van der Waals surface area contributed by atoms with Gasteiger partial charge in [0.2, 0.25) is 10.2 Å². The molecule has 0 unspecified atom stereocenters. The van der Waals surface area contributed by atoms with Crippen LogP contribution in [0.3, 0.4) is 0 Å². The number of aromatic nitrogens is 2. The van der Waals surface area contributed by atoms with E-state index in [0.717, 1.165) is 21.9 Å². The van der Waals surface area contributed by atoms with Gasteiger partial charge in [-0.15, -0.1) is 10.2 Å². The number of carbonyl (C=O) groups excluding carboxylic acids is 2. The van der Waals surface area contributed by atoms with Gasteiger partial charge in [-0.3, -0.25) is 9.59 Å². The molecule has 0 spiro atoms. The zero-order valence-electron chi connectivity index (χ0n) is 14.8. The van der Waals surface area contributed by atoms with Crippen LogP contribution in [0.1, 0.15) is 17.3 Å². The third kappa shape index (κ3) is 6.32. The maximum Gasteiger partial charge on any atom is 0.308 e. The van der Waals surface area contributed by atoms with Gasteiger partial charge in [-0.2, -0.15) is 0 Å². The van der Waals surface area contributed by atoms with Gasteiger partial charge in [0, 0.05) is 17.1 Å². The third-order valence-corrected chi connectivity index (χ3v) is 5.80. The molecule has 2 N–H and O–H groups in total. The summed E-state index contributed by atoms with van der Waals surface area (Å²) in [6.45, 7) is 1.28. The average molecular weight is 509 g/mol. The number of ether oxygens (including phenoxy) is 1. The Hall–Kier alpha value is -2.34. The van der Waals surface area contributed by atoms with E-state index in [0.29, 0.717) is 14.6 Å². The lowest BCUT2D eigenvalue weighted by molar-refractivity contribution is -0.131. The molecule has 29 heavy (non-hydrogen) atoms. The Morgan fingerprint density at radius 1 is 1.10 bits per heavy atom. The first-order chi connectivity index (χ1) is 13.9. The Balaban J connectivity index is 1.61. The van der Waals surface area contributed by atoms with Crippen molar-refractivity contribution in [2.75, 3.05) is 10.6 Å². The zero-order chi connectivity index (χ0) is 20.8. The molecule has 2 aromatic carbocycles. The van der Waals surface area contributed by atoms with Gasteiger partial charge in [0.15, 0.2) is 9.45 Å². The quantitative estimate of drug-likeness (QED) is 0.214. The van der Waals surface area contributed by atoms with Crippen molar-refractivity contribution in [3.8, 4) is 5.75 Å². The Labute approximate surface area is 188 Å². The van der Waals surface area contributed by atoms with E-state index in [1.54, 1.807) is 24.3 Å². The summed E-state index contributed by atoms with van der Waals surface area (Å²) < 4.78 is 6.48. The highest BCUT2D eigenvalue weighted by molar-refractivity contribution is 9.10. The third-order valence-electron chi connectivity index (χ3n) is 3.27. The summed E-state index contributed by atoms with van der Waals surface area (Å²) in [6, 6.07) is 14.1. The van der Waals surface area contributed by atoms with Crippen molar-refractivity contribution >= 4 is 78.3 Å². The van der Waals surface area contributed by atoms with Crippen LogP contribution in [0, 0.1) is 0 Å². The summed E-state index contributed by atoms with van der Waals surface area (Å²) in [5.41, 5.74) is 1.10. The molecule has 0 aliphatic carbocycles. The number of thiocarbonyl (C=S) groups is 1. The number of hydrogen-bond donors (Lipinski definition) is 2. The number of benzene rings is 2. The van der Waals surface area contributed by atoms with Crippen LogP contribution < -0.4 is 15.4 Å². The van der Waals surface area contributed by atoms with Crippen molar-refractivity contribution in [3.63, 3.8) is 0 Å². The van der Waals surface area contributed by atoms with E-state index >= 15 is 0 Å². The smallest absolute Gasteiger partial charge is 0.308 e. The van der Waals surface area contributed by atoms with E-state index in [4.69, 9.17) is 17.0 Å². The fraction of sp³-hybridized carbons (Fsp3) is 0.0556. The lowest BCUT2D eigenvalue weighted by atomic mass is 10.2. The molecule has 3 rings (SSSR count). The predicted molar refractivity (Wildman–Crippen MR) is 122 cm³/mol. The number of hydrogen-bond acceptors (Lipinski definition) is 8. The monoisotopic (exact) mass is 508 g/mol. The number of carbonyl (C=O) groups is 2. The first kappa shape index (κ1) is 21.4. The highest BCUT2D eigenvalue weighted by Crippen LogP contribution is 2.31. The highest BCUT2D eigenvalue weighted by Gasteiger charge is 2.17. The van der Waals surface area contributed by atoms with Crippen LogP contribution in [-0.4, -0.2) is 26.4 Å². The molecular formula is C18H13BrN4O3S3. The summed E-state index contributed by atoms with van der Waals surface area (Å²) in [5, 5.41) is 14.5. The topological polar surface area (TPSA) is 93.2 Å². The van der Waals surface area contributed by atoms with E-state index in [-0.39, 0.29) is 16.4 Å². The minimum atomic E-state index is -0.496. The molecule has 0 saturated carbocycles. The summed E-state index contributed by atoms with van der Waals surface area (Å²) in [5.74, 6) is -0.287. The van der Waals surface area contributed by atoms with Crippen LogP contribution in [0.25, 0.3) is 0 Å². The zero-order valence-corrected chi connectivity index (χ0v) is 18.9. The Morgan fingerprint density at radius 2 is 1.83 bits per heavy atom. The number of nitrogens with zero attached hydrogens (tertiary/aromatic N) is 2.